The van der Waals surface area contributed by atoms with Crippen molar-refractivity contribution in [3.63, 3.8) is 0 Å². The first-order valence-electron chi connectivity index (χ1n) is 9.06. The summed E-state index contributed by atoms with van der Waals surface area (Å²) in [6.07, 6.45) is 1.89. The number of thiazole rings is 1. The molecule has 0 amide bonds. The van der Waals surface area contributed by atoms with E-state index in [1.54, 1.807) is 4.40 Å². The first-order chi connectivity index (χ1) is 14.2. The molecule has 6 heteroatoms. The number of rotatable bonds is 4. The van der Waals surface area contributed by atoms with Gasteiger partial charge in [0.2, 0.25) is 0 Å². The van der Waals surface area contributed by atoms with Crippen LogP contribution in [0.5, 0.6) is 5.75 Å². The molecule has 0 aliphatic rings. The zero-order chi connectivity index (χ0) is 19.8. The number of ether oxygens (including phenoxy) is 1. The molecule has 142 valence electrons. The highest BCUT2D eigenvalue weighted by Crippen LogP contribution is 2.18. The molecule has 0 radical (unpaired) electrons. The number of halogens is 1. The molecule has 4 nitrogen and oxygen atoms in total. The molecule has 0 spiro atoms. The molecule has 0 saturated heterocycles. The van der Waals surface area contributed by atoms with Crippen molar-refractivity contribution >= 4 is 49.3 Å². The van der Waals surface area contributed by atoms with Crippen molar-refractivity contribution in [3.8, 4) is 5.75 Å². The quantitative estimate of drug-likeness (QED) is 0.385. The standard InChI is InChI=1S/C23H15BrN2O2S/c24-17-10-8-15(9-11-17)14-28-18-5-3-4-16(12-18)13-21-22(27)26-20-7-2-1-6-19(20)25-23(26)29-21/h1-13H,14H2/b21-13-. The third-order valence-corrected chi connectivity index (χ3v) is 6.12. The molecule has 0 N–H and O–H groups in total. The Morgan fingerprint density at radius 3 is 2.72 bits per heavy atom. The summed E-state index contributed by atoms with van der Waals surface area (Å²) in [5.41, 5.74) is 3.65. The zero-order valence-electron chi connectivity index (χ0n) is 15.2. The van der Waals surface area contributed by atoms with Gasteiger partial charge in [0.15, 0.2) is 4.96 Å². The van der Waals surface area contributed by atoms with E-state index in [1.165, 1.54) is 11.3 Å². The van der Waals surface area contributed by atoms with Crippen LogP contribution in [0.3, 0.4) is 0 Å². The van der Waals surface area contributed by atoms with Gasteiger partial charge >= 0.3 is 0 Å². The second-order valence-corrected chi connectivity index (χ2v) is 8.55. The Morgan fingerprint density at radius 2 is 1.86 bits per heavy atom. The molecular formula is C23H15BrN2O2S. The lowest BCUT2D eigenvalue weighted by molar-refractivity contribution is 0.306. The largest absolute Gasteiger partial charge is 0.489 e. The molecule has 3 aromatic carbocycles. The number of nitrogens with zero attached hydrogens (tertiary/aromatic N) is 2. The molecular weight excluding hydrogens is 448 g/mol. The Morgan fingerprint density at radius 1 is 1.03 bits per heavy atom. The third kappa shape index (κ3) is 3.57. The molecule has 0 atom stereocenters. The highest BCUT2D eigenvalue weighted by molar-refractivity contribution is 9.10. The van der Waals surface area contributed by atoms with Crippen LogP contribution in [-0.4, -0.2) is 9.38 Å². The minimum absolute atomic E-state index is 0.0418. The number of benzene rings is 3. The van der Waals surface area contributed by atoms with E-state index in [1.807, 2.05) is 78.9 Å². The molecule has 0 saturated carbocycles. The summed E-state index contributed by atoms with van der Waals surface area (Å²) in [5, 5.41) is 0. The van der Waals surface area contributed by atoms with Crippen molar-refractivity contribution in [2.75, 3.05) is 0 Å². The first kappa shape index (κ1) is 18.1. The van der Waals surface area contributed by atoms with Crippen molar-refractivity contribution in [2.24, 2.45) is 0 Å². The van der Waals surface area contributed by atoms with E-state index in [0.29, 0.717) is 16.1 Å². The average Bonchev–Trinajstić information content (AvgIpc) is 3.24. The first-order valence-corrected chi connectivity index (χ1v) is 10.7. The molecule has 0 unspecified atom stereocenters. The van der Waals surface area contributed by atoms with Gasteiger partial charge in [-0.15, -0.1) is 0 Å². The van der Waals surface area contributed by atoms with Crippen molar-refractivity contribution in [1.29, 1.82) is 0 Å². The van der Waals surface area contributed by atoms with E-state index in [2.05, 4.69) is 20.9 Å². The van der Waals surface area contributed by atoms with E-state index in [-0.39, 0.29) is 5.56 Å². The van der Waals surface area contributed by atoms with Crippen LogP contribution in [0.2, 0.25) is 0 Å². The monoisotopic (exact) mass is 462 g/mol. The van der Waals surface area contributed by atoms with Gasteiger partial charge in [-0.2, -0.15) is 0 Å². The van der Waals surface area contributed by atoms with Gasteiger partial charge in [0.1, 0.15) is 12.4 Å². The van der Waals surface area contributed by atoms with Crippen LogP contribution in [-0.2, 0) is 6.61 Å². The predicted octanol–water partition coefficient (Wildman–Crippen LogP) is 4.80. The highest BCUT2D eigenvalue weighted by Gasteiger charge is 2.10. The lowest BCUT2D eigenvalue weighted by Crippen LogP contribution is -2.22. The Labute approximate surface area is 178 Å². The molecule has 0 fully saturated rings. The van der Waals surface area contributed by atoms with Gasteiger partial charge in [-0.1, -0.05) is 63.7 Å². The van der Waals surface area contributed by atoms with Gasteiger partial charge < -0.3 is 4.74 Å². The van der Waals surface area contributed by atoms with Crippen molar-refractivity contribution < 1.29 is 4.74 Å². The third-order valence-electron chi connectivity index (χ3n) is 4.62. The average molecular weight is 463 g/mol. The van der Waals surface area contributed by atoms with Gasteiger partial charge in [0.25, 0.3) is 5.56 Å². The van der Waals surface area contributed by atoms with Crippen LogP contribution < -0.4 is 14.8 Å². The second-order valence-electron chi connectivity index (χ2n) is 6.62. The van der Waals surface area contributed by atoms with Crippen molar-refractivity contribution in [3.05, 3.63) is 103 Å². The van der Waals surface area contributed by atoms with Crippen molar-refractivity contribution in [2.45, 2.75) is 6.61 Å². The topological polar surface area (TPSA) is 43.6 Å². The molecule has 5 rings (SSSR count). The normalized spacial score (nSPS) is 12.1. The minimum Gasteiger partial charge on any atom is -0.489 e. The number of hydrogen-bond donors (Lipinski definition) is 0. The van der Waals surface area contributed by atoms with Gasteiger partial charge in [0.05, 0.1) is 15.6 Å². The minimum atomic E-state index is -0.0418. The Hall–Kier alpha value is -2.96. The summed E-state index contributed by atoms with van der Waals surface area (Å²) >= 11 is 4.84. The number of imidazole rings is 1. The lowest BCUT2D eigenvalue weighted by atomic mass is 10.2. The van der Waals surface area contributed by atoms with E-state index in [9.17, 15) is 4.79 Å². The van der Waals surface area contributed by atoms with Gasteiger partial charge in [-0.05, 0) is 53.6 Å². The van der Waals surface area contributed by atoms with Crippen LogP contribution in [0.25, 0.3) is 22.1 Å². The molecule has 29 heavy (non-hydrogen) atoms. The molecule has 0 bridgehead atoms. The van der Waals surface area contributed by atoms with E-state index >= 15 is 0 Å². The number of fused-ring (bicyclic) bond motifs is 3. The predicted molar refractivity (Wildman–Crippen MR) is 121 cm³/mol. The molecule has 2 heterocycles. The SMILES string of the molecule is O=c1/c(=C/c2cccc(OCc3ccc(Br)cc3)c2)sc2nc3ccccc3n12. The maximum atomic E-state index is 12.9. The van der Waals surface area contributed by atoms with Crippen LogP contribution in [0.15, 0.2) is 82.1 Å². The van der Waals surface area contributed by atoms with Crippen LogP contribution in [0, 0.1) is 0 Å². The van der Waals surface area contributed by atoms with Gasteiger partial charge in [0, 0.05) is 4.47 Å². The second kappa shape index (κ2) is 7.46. The Bertz CT molecular complexity index is 1440. The Balaban J connectivity index is 1.46. The van der Waals surface area contributed by atoms with Crippen molar-refractivity contribution in [1.82, 2.24) is 9.38 Å². The maximum absolute atomic E-state index is 12.9. The fourth-order valence-electron chi connectivity index (χ4n) is 3.20. The number of aromatic nitrogens is 2. The zero-order valence-corrected chi connectivity index (χ0v) is 17.6. The fraction of sp³-hybridized carbons (Fsp3) is 0.0435. The summed E-state index contributed by atoms with van der Waals surface area (Å²) in [6, 6.07) is 23.5. The fourth-order valence-corrected chi connectivity index (χ4v) is 4.46. The molecule has 0 aliphatic carbocycles. The summed E-state index contributed by atoms with van der Waals surface area (Å²) < 4.78 is 9.29. The Kier molecular flexibility index (Phi) is 4.66. The summed E-state index contributed by atoms with van der Waals surface area (Å²) in [6.45, 7) is 0.488. The lowest BCUT2D eigenvalue weighted by Gasteiger charge is -2.07. The van der Waals surface area contributed by atoms with E-state index < -0.39 is 0 Å². The summed E-state index contributed by atoms with van der Waals surface area (Å²) in [7, 11) is 0. The number of hydrogen-bond acceptors (Lipinski definition) is 4. The molecule has 5 aromatic rings. The summed E-state index contributed by atoms with van der Waals surface area (Å²) in [5.74, 6) is 0.765. The number of para-hydroxylation sites is 2. The van der Waals surface area contributed by atoms with Gasteiger partial charge in [-0.3, -0.25) is 4.79 Å². The maximum Gasteiger partial charge on any atom is 0.274 e. The smallest absolute Gasteiger partial charge is 0.274 e. The van der Waals surface area contributed by atoms with E-state index in [0.717, 1.165) is 32.4 Å². The summed E-state index contributed by atoms with van der Waals surface area (Å²) in [4.78, 5) is 18.2. The van der Waals surface area contributed by atoms with Gasteiger partial charge in [-0.25, -0.2) is 9.38 Å². The van der Waals surface area contributed by atoms with Crippen LogP contribution >= 0.6 is 27.3 Å². The van der Waals surface area contributed by atoms with Crippen LogP contribution in [0.4, 0.5) is 0 Å². The van der Waals surface area contributed by atoms with Crippen LogP contribution in [0.1, 0.15) is 11.1 Å². The molecule has 0 aliphatic heterocycles. The highest BCUT2D eigenvalue weighted by atomic mass is 79.9. The van der Waals surface area contributed by atoms with E-state index in [4.69, 9.17) is 4.74 Å². The molecule has 2 aromatic heterocycles.